The number of hydrogen-bond donors (Lipinski definition) is 2. The lowest BCUT2D eigenvalue weighted by Crippen LogP contribution is -2.43. The Labute approximate surface area is 128 Å². The topological polar surface area (TPSA) is 44.7 Å². The number of aliphatic hydroxyl groups is 1. The Kier molecular flexibility index (Phi) is 6.64. The van der Waals surface area contributed by atoms with Crippen LogP contribution in [0.4, 0.5) is 0 Å². The Morgan fingerprint density at radius 1 is 1.33 bits per heavy atom. The number of β-amino-alcohol motifs (C(OH)–C–C–N with tert-alkyl or cyclic N) is 1. The van der Waals surface area contributed by atoms with Crippen LogP contribution in [0.2, 0.25) is 0 Å². The largest absolute Gasteiger partial charge is 0.390 e. The molecule has 1 aliphatic rings. The van der Waals surface area contributed by atoms with E-state index >= 15 is 0 Å². The van der Waals surface area contributed by atoms with Crippen molar-refractivity contribution in [3.63, 3.8) is 0 Å². The summed E-state index contributed by atoms with van der Waals surface area (Å²) in [6, 6.07) is 8.88. The molecule has 0 spiro atoms. The molecule has 21 heavy (non-hydrogen) atoms. The quantitative estimate of drug-likeness (QED) is 0.761. The monoisotopic (exact) mass is 292 g/mol. The SMILES string of the molecule is CCOCC(C)NCC(O)CN1CCc2ccccc2C1. The molecule has 1 aromatic carbocycles. The number of nitrogens with zero attached hydrogens (tertiary/aromatic N) is 1. The second-order valence-corrected chi connectivity index (χ2v) is 5.88. The second kappa shape index (κ2) is 8.49. The Bertz CT molecular complexity index is 425. The number of fused-ring (bicyclic) bond motifs is 1. The lowest BCUT2D eigenvalue weighted by atomic mass is 10.00. The Morgan fingerprint density at radius 3 is 2.86 bits per heavy atom. The fraction of sp³-hybridized carbons (Fsp3) is 0.647. The van der Waals surface area contributed by atoms with Gasteiger partial charge in [-0.2, -0.15) is 0 Å². The van der Waals surface area contributed by atoms with Gasteiger partial charge in [0.25, 0.3) is 0 Å². The number of ether oxygens (including phenoxy) is 1. The van der Waals surface area contributed by atoms with E-state index in [0.29, 0.717) is 13.2 Å². The molecule has 1 aromatic rings. The molecule has 2 atom stereocenters. The van der Waals surface area contributed by atoms with E-state index in [-0.39, 0.29) is 12.1 Å². The van der Waals surface area contributed by atoms with Crippen LogP contribution in [0.3, 0.4) is 0 Å². The van der Waals surface area contributed by atoms with Crippen LogP contribution in [0.1, 0.15) is 25.0 Å². The average molecular weight is 292 g/mol. The van der Waals surface area contributed by atoms with Crippen molar-refractivity contribution >= 4 is 0 Å². The van der Waals surface area contributed by atoms with Gasteiger partial charge in [-0.15, -0.1) is 0 Å². The van der Waals surface area contributed by atoms with E-state index in [4.69, 9.17) is 4.74 Å². The zero-order chi connectivity index (χ0) is 15.1. The highest BCUT2D eigenvalue weighted by molar-refractivity contribution is 5.29. The van der Waals surface area contributed by atoms with Crippen LogP contribution >= 0.6 is 0 Å². The summed E-state index contributed by atoms with van der Waals surface area (Å²) in [5.74, 6) is 0. The maximum absolute atomic E-state index is 10.2. The number of hydrogen-bond acceptors (Lipinski definition) is 4. The molecule has 4 nitrogen and oxygen atoms in total. The Hall–Kier alpha value is -0.940. The standard InChI is InChI=1S/C17H28N2O2/c1-3-21-13-14(2)18-10-17(20)12-19-9-8-15-6-4-5-7-16(15)11-19/h4-7,14,17-18,20H,3,8-13H2,1-2H3. The van der Waals surface area contributed by atoms with E-state index in [0.717, 1.165) is 32.7 Å². The molecular weight excluding hydrogens is 264 g/mol. The Balaban J connectivity index is 1.70. The van der Waals surface area contributed by atoms with E-state index in [9.17, 15) is 5.11 Å². The molecular formula is C17H28N2O2. The van der Waals surface area contributed by atoms with E-state index in [1.807, 2.05) is 6.92 Å². The molecule has 0 saturated carbocycles. The van der Waals surface area contributed by atoms with Crippen molar-refractivity contribution in [1.82, 2.24) is 10.2 Å². The molecule has 2 unspecified atom stereocenters. The predicted molar refractivity (Wildman–Crippen MR) is 85.4 cm³/mol. The smallest absolute Gasteiger partial charge is 0.0791 e. The van der Waals surface area contributed by atoms with Crippen molar-refractivity contribution < 1.29 is 9.84 Å². The second-order valence-electron chi connectivity index (χ2n) is 5.88. The highest BCUT2D eigenvalue weighted by Gasteiger charge is 2.18. The van der Waals surface area contributed by atoms with Crippen molar-refractivity contribution in [1.29, 1.82) is 0 Å². The third kappa shape index (κ3) is 5.40. The van der Waals surface area contributed by atoms with Gasteiger partial charge in [0.05, 0.1) is 12.7 Å². The molecule has 0 saturated heterocycles. The first-order chi connectivity index (χ1) is 10.2. The summed E-state index contributed by atoms with van der Waals surface area (Å²) in [4.78, 5) is 2.34. The van der Waals surface area contributed by atoms with Gasteiger partial charge in [0.1, 0.15) is 0 Å². The van der Waals surface area contributed by atoms with Crippen LogP contribution in [0.25, 0.3) is 0 Å². The van der Waals surface area contributed by atoms with Gasteiger partial charge < -0.3 is 15.2 Å². The summed E-state index contributed by atoms with van der Waals surface area (Å²) in [5.41, 5.74) is 2.85. The first-order valence-corrected chi connectivity index (χ1v) is 7.97. The van der Waals surface area contributed by atoms with E-state index in [1.54, 1.807) is 0 Å². The molecule has 0 fully saturated rings. The highest BCUT2D eigenvalue weighted by Crippen LogP contribution is 2.18. The van der Waals surface area contributed by atoms with Gasteiger partial charge >= 0.3 is 0 Å². The van der Waals surface area contributed by atoms with Gasteiger partial charge in [0.15, 0.2) is 0 Å². The molecule has 2 rings (SSSR count). The van der Waals surface area contributed by atoms with Crippen LogP contribution < -0.4 is 5.32 Å². The van der Waals surface area contributed by atoms with Gasteiger partial charge in [-0.05, 0) is 31.4 Å². The lowest BCUT2D eigenvalue weighted by Gasteiger charge is -2.30. The zero-order valence-electron chi connectivity index (χ0n) is 13.2. The molecule has 1 heterocycles. The lowest BCUT2D eigenvalue weighted by molar-refractivity contribution is 0.0904. The summed E-state index contributed by atoms with van der Waals surface area (Å²) in [7, 11) is 0. The number of nitrogens with one attached hydrogen (secondary N) is 1. The summed E-state index contributed by atoms with van der Waals surface area (Å²) in [5, 5.41) is 13.5. The average Bonchev–Trinajstić information content (AvgIpc) is 2.50. The highest BCUT2D eigenvalue weighted by atomic mass is 16.5. The molecule has 0 bridgehead atoms. The molecule has 4 heteroatoms. The van der Waals surface area contributed by atoms with Crippen LogP contribution in [0.5, 0.6) is 0 Å². The van der Waals surface area contributed by atoms with Crippen molar-refractivity contribution in [2.24, 2.45) is 0 Å². The van der Waals surface area contributed by atoms with Crippen LogP contribution in [-0.2, 0) is 17.7 Å². The molecule has 0 aliphatic carbocycles. The maximum Gasteiger partial charge on any atom is 0.0791 e. The third-order valence-electron chi connectivity index (χ3n) is 3.95. The normalized spacial score (nSPS) is 18.2. The van der Waals surface area contributed by atoms with E-state index in [2.05, 4.69) is 41.4 Å². The Morgan fingerprint density at radius 2 is 2.10 bits per heavy atom. The molecule has 2 N–H and O–H groups in total. The van der Waals surface area contributed by atoms with E-state index in [1.165, 1.54) is 11.1 Å². The van der Waals surface area contributed by atoms with Crippen molar-refractivity contribution in [3.8, 4) is 0 Å². The van der Waals surface area contributed by atoms with Crippen molar-refractivity contribution in [2.45, 2.75) is 39.0 Å². The van der Waals surface area contributed by atoms with Gasteiger partial charge in [-0.1, -0.05) is 24.3 Å². The van der Waals surface area contributed by atoms with Crippen LogP contribution in [0, 0.1) is 0 Å². The van der Waals surface area contributed by atoms with Gasteiger partial charge in [0.2, 0.25) is 0 Å². The molecule has 1 aliphatic heterocycles. The number of benzene rings is 1. The minimum absolute atomic E-state index is 0.279. The van der Waals surface area contributed by atoms with Gasteiger partial charge in [0, 0.05) is 38.8 Å². The van der Waals surface area contributed by atoms with Crippen molar-refractivity contribution in [3.05, 3.63) is 35.4 Å². The summed E-state index contributed by atoms with van der Waals surface area (Å²) in [6.45, 7) is 8.83. The maximum atomic E-state index is 10.2. The van der Waals surface area contributed by atoms with Crippen LogP contribution in [0.15, 0.2) is 24.3 Å². The molecule has 0 amide bonds. The predicted octanol–water partition coefficient (Wildman–Crippen LogP) is 1.42. The fourth-order valence-electron chi connectivity index (χ4n) is 2.76. The third-order valence-corrected chi connectivity index (χ3v) is 3.95. The molecule has 0 aromatic heterocycles. The van der Waals surface area contributed by atoms with Crippen molar-refractivity contribution in [2.75, 3.05) is 32.8 Å². The molecule has 0 radical (unpaired) electrons. The minimum Gasteiger partial charge on any atom is -0.390 e. The first-order valence-electron chi connectivity index (χ1n) is 7.97. The molecule has 118 valence electrons. The fourth-order valence-corrected chi connectivity index (χ4v) is 2.76. The van der Waals surface area contributed by atoms with Gasteiger partial charge in [-0.25, -0.2) is 0 Å². The number of aliphatic hydroxyl groups excluding tert-OH is 1. The van der Waals surface area contributed by atoms with Gasteiger partial charge in [-0.3, -0.25) is 4.90 Å². The zero-order valence-corrected chi connectivity index (χ0v) is 13.2. The first kappa shape index (κ1) is 16.4. The minimum atomic E-state index is -0.334. The summed E-state index contributed by atoms with van der Waals surface area (Å²) in [6.07, 6.45) is 0.746. The summed E-state index contributed by atoms with van der Waals surface area (Å²) >= 11 is 0. The number of rotatable bonds is 8. The van der Waals surface area contributed by atoms with Crippen LogP contribution in [-0.4, -0.2) is 55.0 Å². The summed E-state index contributed by atoms with van der Waals surface area (Å²) < 4.78 is 5.36. The van der Waals surface area contributed by atoms with E-state index < -0.39 is 0 Å².